The number of aryl methyl sites for hydroxylation is 2. The standard InChI is InChI=1S/C62H49N.C56H45N/c1-5-63-58-37-35-50(39-56(58)57-40-51(62(2,3)4)36-38-59(57)63)47-25-23-44(24-26-47)46-29-33-49(34-30-46)61-54-17-11-9-15-52(54)60(53-16-10-12-18-55(53)61)48-31-27-45(28-32-48)43-21-19-42(20-22-43)41-13-7-6-8-14-41;1-5-57-52-33-31-44(35-50(52)51-36-45(56(2,3)4)32-34-53(51)57)41-21-19-39(20-22-41)40-25-29-43(30-26-40)55-48-17-11-9-15-46(48)54(47-16-10-12-18-49(47)55)42-27-23-38(24-28-42)37-13-7-6-8-14-37/h6-40H,5H2,1-4H3;6-36H,5H2,1-4H3. The van der Waals surface area contributed by atoms with Gasteiger partial charge in [-0.25, -0.2) is 0 Å². The van der Waals surface area contributed by atoms with E-state index in [0.717, 1.165) is 13.1 Å². The SMILES string of the molecule is CCn1c2ccc(-c3ccc(-c4ccc(-c5c6ccccc6c(-c6ccc(-c7ccc(-c8ccccc8)cc7)cc6)c6ccccc56)cc4)cc3)cc2c2cc(C(C)(C)C)ccc21.CCn1c2ccc(-c3ccc(-c4ccc(-c5c6ccccc6c(-c6ccc(-c7ccccc7)cc6)c6ccccc56)cc4)cc3)cc2c2cc(C(C)(C)C)ccc21. The minimum absolute atomic E-state index is 0.0961. The van der Waals surface area contributed by atoms with E-state index in [0.29, 0.717) is 0 Å². The summed E-state index contributed by atoms with van der Waals surface area (Å²) in [6.07, 6.45) is 0. The molecule has 2 nitrogen and oxygen atoms in total. The summed E-state index contributed by atoms with van der Waals surface area (Å²) in [5.74, 6) is 0. The van der Waals surface area contributed by atoms with E-state index < -0.39 is 0 Å². The van der Waals surface area contributed by atoms with Crippen LogP contribution in [0.2, 0.25) is 0 Å². The lowest BCUT2D eigenvalue weighted by atomic mass is 9.85. The van der Waals surface area contributed by atoms with Crippen molar-refractivity contribution in [2.24, 2.45) is 0 Å². The molecule has 0 saturated carbocycles. The van der Waals surface area contributed by atoms with E-state index in [1.807, 2.05) is 0 Å². The van der Waals surface area contributed by atoms with Crippen LogP contribution in [0.25, 0.3) is 209 Å². The molecule has 0 amide bonds. The molecular weight excluding hydrogens is 1450 g/mol. The van der Waals surface area contributed by atoms with Crippen LogP contribution in [0.5, 0.6) is 0 Å². The van der Waals surface area contributed by atoms with Gasteiger partial charge in [0.05, 0.1) is 0 Å². The molecule has 0 aliphatic carbocycles. The monoisotopic (exact) mass is 1540 g/mol. The Morgan fingerprint density at radius 3 is 0.533 bits per heavy atom. The molecule has 0 bridgehead atoms. The van der Waals surface area contributed by atoms with E-state index in [2.05, 4.69) is 465 Å². The lowest BCUT2D eigenvalue weighted by Crippen LogP contribution is -2.10. The summed E-state index contributed by atoms with van der Waals surface area (Å²) in [5, 5.41) is 15.4. The summed E-state index contributed by atoms with van der Waals surface area (Å²) in [7, 11) is 0. The van der Waals surface area contributed by atoms with Gasteiger partial charge in [-0.05, 0) is 250 Å². The normalized spacial score (nSPS) is 11.9. The van der Waals surface area contributed by atoms with Gasteiger partial charge in [-0.2, -0.15) is 0 Å². The van der Waals surface area contributed by atoms with Gasteiger partial charge in [0.25, 0.3) is 0 Å². The van der Waals surface area contributed by atoms with Crippen molar-refractivity contribution in [2.75, 3.05) is 0 Å². The molecule has 0 saturated heterocycles. The Bertz CT molecular complexity index is 7320. The first-order valence-corrected chi connectivity index (χ1v) is 42.5. The molecule has 2 heterocycles. The van der Waals surface area contributed by atoms with Crippen LogP contribution < -0.4 is 0 Å². The van der Waals surface area contributed by atoms with Crippen molar-refractivity contribution in [1.82, 2.24) is 9.13 Å². The van der Waals surface area contributed by atoms with Gasteiger partial charge in [-0.3, -0.25) is 0 Å². The van der Waals surface area contributed by atoms with Gasteiger partial charge in [-0.15, -0.1) is 0 Å². The van der Waals surface area contributed by atoms with Crippen molar-refractivity contribution in [3.8, 4) is 122 Å². The maximum Gasteiger partial charge on any atom is 0.0491 e. The highest BCUT2D eigenvalue weighted by atomic mass is 15.0. The maximum atomic E-state index is 2.44. The van der Waals surface area contributed by atoms with E-state index >= 15 is 0 Å². The third-order valence-corrected chi connectivity index (χ3v) is 25.2. The smallest absolute Gasteiger partial charge is 0.0491 e. The highest BCUT2D eigenvalue weighted by Crippen LogP contribution is 2.48. The topological polar surface area (TPSA) is 9.86 Å². The third kappa shape index (κ3) is 13.6. The first kappa shape index (κ1) is 74.6. The minimum Gasteiger partial charge on any atom is -0.341 e. The number of hydrogen-bond acceptors (Lipinski definition) is 0. The highest BCUT2D eigenvalue weighted by molar-refractivity contribution is 6.23. The second-order valence-corrected chi connectivity index (χ2v) is 34.4. The van der Waals surface area contributed by atoms with Crippen LogP contribution in [0.3, 0.4) is 0 Å². The number of fused-ring (bicyclic) bond motifs is 10. The first-order chi connectivity index (χ1) is 58.7. The summed E-state index contributed by atoms with van der Waals surface area (Å²) in [5.41, 5.74) is 35.3. The second kappa shape index (κ2) is 30.7. The van der Waals surface area contributed by atoms with Gasteiger partial charge in [0.15, 0.2) is 0 Å². The van der Waals surface area contributed by atoms with Crippen LogP contribution in [0.4, 0.5) is 0 Å². The zero-order valence-electron chi connectivity index (χ0n) is 69.4. The molecule has 0 aliphatic heterocycles. The summed E-state index contributed by atoms with van der Waals surface area (Å²) in [4.78, 5) is 0. The van der Waals surface area contributed by atoms with Crippen LogP contribution in [0, 0.1) is 0 Å². The zero-order chi connectivity index (χ0) is 81.3. The second-order valence-electron chi connectivity index (χ2n) is 34.4. The molecule has 0 radical (unpaired) electrons. The summed E-state index contributed by atoms with van der Waals surface area (Å²) < 4.78 is 4.89. The Hall–Kier alpha value is -14.2. The Morgan fingerprint density at radius 2 is 0.325 bits per heavy atom. The molecule has 0 aliphatic rings. The van der Waals surface area contributed by atoms with Gasteiger partial charge in [0, 0.05) is 56.7 Å². The van der Waals surface area contributed by atoms with E-state index in [-0.39, 0.29) is 10.8 Å². The van der Waals surface area contributed by atoms with Crippen molar-refractivity contribution >= 4 is 86.7 Å². The fourth-order valence-electron chi connectivity index (χ4n) is 18.8. The van der Waals surface area contributed by atoms with Gasteiger partial charge < -0.3 is 9.13 Å². The summed E-state index contributed by atoms with van der Waals surface area (Å²) in [6.45, 7) is 20.1. The van der Waals surface area contributed by atoms with Gasteiger partial charge >= 0.3 is 0 Å². The summed E-state index contributed by atoms with van der Waals surface area (Å²) >= 11 is 0. The van der Waals surface area contributed by atoms with Crippen molar-refractivity contribution in [3.05, 3.63) is 412 Å². The Labute approximate surface area is 704 Å². The molecule has 2 heteroatoms. The van der Waals surface area contributed by atoms with Crippen LogP contribution in [-0.4, -0.2) is 9.13 Å². The molecule has 0 spiro atoms. The molecule has 21 rings (SSSR count). The molecule has 120 heavy (non-hydrogen) atoms. The van der Waals surface area contributed by atoms with E-state index in [1.165, 1.54) is 220 Å². The Morgan fingerprint density at radius 1 is 0.158 bits per heavy atom. The lowest BCUT2D eigenvalue weighted by molar-refractivity contribution is 0.591. The number of hydrogen-bond donors (Lipinski definition) is 0. The predicted molar refractivity (Wildman–Crippen MR) is 517 cm³/mol. The highest BCUT2D eigenvalue weighted by Gasteiger charge is 2.24. The summed E-state index contributed by atoms with van der Waals surface area (Å²) in [6, 6.07) is 148. The van der Waals surface area contributed by atoms with E-state index in [9.17, 15) is 0 Å². The molecule has 21 aromatic rings. The van der Waals surface area contributed by atoms with Crippen molar-refractivity contribution in [2.45, 2.75) is 79.3 Å². The van der Waals surface area contributed by atoms with Crippen molar-refractivity contribution in [1.29, 1.82) is 0 Å². The third-order valence-electron chi connectivity index (χ3n) is 25.2. The fraction of sp³-hybridized carbons (Fsp3) is 0.102. The van der Waals surface area contributed by atoms with E-state index in [4.69, 9.17) is 0 Å². The van der Waals surface area contributed by atoms with Gasteiger partial charge in [0.1, 0.15) is 0 Å². The maximum absolute atomic E-state index is 2.44. The zero-order valence-corrected chi connectivity index (χ0v) is 69.4. The van der Waals surface area contributed by atoms with Crippen molar-refractivity contribution < 1.29 is 0 Å². The van der Waals surface area contributed by atoms with E-state index in [1.54, 1.807) is 0 Å². The average Bonchev–Trinajstić information content (AvgIpc) is 1.10. The predicted octanol–water partition coefficient (Wildman–Crippen LogP) is 33.2. The van der Waals surface area contributed by atoms with Crippen LogP contribution in [-0.2, 0) is 23.9 Å². The fourth-order valence-corrected chi connectivity index (χ4v) is 18.8. The molecular formula is C118H94N2. The van der Waals surface area contributed by atoms with Crippen LogP contribution in [0.15, 0.2) is 400 Å². The Kier molecular flexibility index (Phi) is 19.1. The number of benzene rings is 19. The molecule has 576 valence electrons. The molecule has 2 aromatic heterocycles. The van der Waals surface area contributed by atoms with Crippen molar-refractivity contribution in [3.63, 3.8) is 0 Å². The number of nitrogens with zero attached hydrogens (tertiary/aromatic N) is 2. The van der Waals surface area contributed by atoms with Gasteiger partial charge in [0.2, 0.25) is 0 Å². The lowest BCUT2D eigenvalue weighted by Gasteiger charge is -2.19. The largest absolute Gasteiger partial charge is 0.341 e. The molecule has 0 N–H and O–H groups in total. The van der Waals surface area contributed by atoms with Crippen LogP contribution >= 0.6 is 0 Å². The van der Waals surface area contributed by atoms with Gasteiger partial charge in [-0.1, -0.05) is 393 Å². The molecule has 19 aromatic carbocycles. The Balaban J connectivity index is 0.000000154. The average molecular weight is 1540 g/mol. The molecule has 0 atom stereocenters. The van der Waals surface area contributed by atoms with Crippen LogP contribution in [0.1, 0.15) is 66.5 Å². The quantitative estimate of drug-likeness (QED) is 0.102. The minimum atomic E-state index is 0.0961. The number of aromatic nitrogens is 2. The first-order valence-electron chi connectivity index (χ1n) is 42.5. The number of rotatable bonds is 13. The molecule has 0 unspecified atom stereocenters. The molecule has 0 fully saturated rings.